The van der Waals surface area contributed by atoms with Gasteiger partial charge in [0.25, 0.3) is 0 Å². The van der Waals surface area contributed by atoms with Crippen LogP contribution in [0.25, 0.3) is 0 Å². The Balaban J connectivity index is 2.05. The molecule has 0 aliphatic heterocycles. The van der Waals surface area contributed by atoms with Gasteiger partial charge < -0.3 is 5.32 Å². The summed E-state index contributed by atoms with van der Waals surface area (Å²) in [5, 5.41) is 3.34. The summed E-state index contributed by atoms with van der Waals surface area (Å²) in [6.45, 7) is 6.77. The van der Waals surface area contributed by atoms with Crippen molar-refractivity contribution in [2.45, 2.75) is 46.0 Å². The lowest BCUT2D eigenvalue weighted by Crippen LogP contribution is -2.13. The summed E-state index contributed by atoms with van der Waals surface area (Å²) >= 11 is 0. The fraction of sp³-hybridized carbons (Fsp3) is 0.846. The van der Waals surface area contributed by atoms with Crippen molar-refractivity contribution < 1.29 is 0 Å². The third kappa shape index (κ3) is 4.80. The second kappa shape index (κ2) is 7.05. The molecule has 1 aliphatic carbocycles. The van der Waals surface area contributed by atoms with Crippen molar-refractivity contribution in [1.29, 1.82) is 0 Å². The van der Waals surface area contributed by atoms with Crippen LogP contribution in [0.1, 0.15) is 46.0 Å². The van der Waals surface area contributed by atoms with Crippen LogP contribution in [0.4, 0.5) is 0 Å². The molecule has 82 valence electrons. The summed E-state index contributed by atoms with van der Waals surface area (Å²) in [5.41, 5.74) is 0. The van der Waals surface area contributed by atoms with E-state index in [2.05, 4.69) is 31.3 Å². The maximum absolute atomic E-state index is 3.34. The average Bonchev–Trinajstić information content (AvgIpc) is 2.21. The Kier molecular flexibility index (Phi) is 5.93. The van der Waals surface area contributed by atoms with E-state index in [1.807, 2.05) is 0 Å². The molecule has 0 saturated heterocycles. The van der Waals surface area contributed by atoms with E-state index in [-0.39, 0.29) is 0 Å². The van der Waals surface area contributed by atoms with Gasteiger partial charge in [-0.2, -0.15) is 0 Å². The fourth-order valence-corrected chi connectivity index (χ4v) is 2.13. The molecule has 14 heavy (non-hydrogen) atoms. The van der Waals surface area contributed by atoms with Crippen molar-refractivity contribution in [3.8, 4) is 0 Å². The summed E-state index contributed by atoms with van der Waals surface area (Å²) in [6, 6.07) is 0. The van der Waals surface area contributed by atoms with Crippen molar-refractivity contribution in [2.24, 2.45) is 11.8 Å². The second-order valence-corrected chi connectivity index (χ2v) is 4.59. The van der Waals surface area contributed by atoms with Crippen LogP contribution >= 0.6 is 0 Å². The molecule has 1 N–H and O–H groups in total. The molecule has 1 rings (SSSR count). The molecule has 1 nitrogen and oxygen atoms in total. The molecule has 0 amide bonds. The highest BCUT2D eigenvalue weighted by atomic mass is 14.8. The molecule has 0 aromatic rings. The SMILES string of the molecule is CCNCCC=CC1CCC(C)CC1. The van der Waals surface area contributed by atoms with Crippen molar-refractivity contribution in [3.63, 3.8) is 0 Å². The van der Waals surface area contributed by atoms with Gasteiger partial charge in [-0.1, -0.05) is 38.8 Å². The first-order valence-corrected chi connectivity index (χ1v) is 6.20. The van der Waals surface area contributed by atoms with Crippen LogP contribution in [-0.2, 0) is 0 Å². The number of allylic oxidation sites excluding steroid dienone is 1. The second-order valence-electron chi connectivity index (χ2n) is 4.59. The Morgan fingerprint density at radius 3 is 2.57 bits per heavy atom. The zero-order valence-electron chi connectivity index (χ0n) is 9.76. The van der Waals surface area contributed by atoms with E-state index in [9.17, 15) is 0 Å². The van der Waals surface area contributed by atoms with Gasteiger partial charge in [-0.3, -0.25) is 0 Å². The molecule has 0 heterocycles. The average molecular weight is 195 g/mol. The van der Waals surface area contributed by atoms with Gasteiger partial charge in [0.15, 0.2) is 0 Å². The third-order valence-corrected chi connectivity index (χ3v) is 3.21. The van der Waals surface area contributed by atoms with Gasteiger partial charge in [0.05, 0.1) is 0 Å². The molecule has 1 aliphatic rings. The summed E-state index contributed by atoms with van der Waals surface area (Å²) in [4.78, 5) is 0. The van der Waals surface area contributed by atoms with Crippen molar-refractivity contribution in [2.75, 3.05) is 13.1 Å². The Bertz CT molecular complexity index is 155. The van der Waals surface area contributed by atoms with E-state index < -0.39 is 0 Å². The topological polar surface area (TPSA) is 12.0 Å². The minimum Gasteiger partial charge on any atom is -0.317 e. The monoisotopic (exact) mass is 195 g/mol. The normalized spacial score (nSPS) is 28.4. The summed E-state index contributed by atoms with van der Waals surface area (Å²) in [5.74, 6) is 1.86. The molecule has 0 bridgehead atoms. The quantitative estimate of drug-likeness (QED) is 0.524. The summed E-state index contributed by atoms with van der Waals surface area (Å²) in [6.07, 6.45) is 11.7. The molecule has 0 aromatic carbocycles. The maximum Gasteiger partial charge on any atom is -0.00144 e. The minimum absolute atomic E-state index is 0.882. The molecule has 0 atom stereocenters. The molecule has 0 radical (unpaired) electrons. The Labute approximate surface area is 89.0 Å². The van der Waals surface area contributed by atoms with Crippen molar-refractivity contribution >= 4 is 0 Å². The Morgan fingerprint density at radius 1 is 1.21 bits per heavy atom. The van der Waals surface area contributed by atoms with Gasteiger partial charge in [0, 0.05) is 0 Å². The largest absolute Gasteiger partial charge is 0.317 e. The number of rotatable bonds is 5. The van der Waals surface area contributed by atoms with Crippen LogP contribution in [0.3, 0.4) is 0 Å². The molecule has 1 saturated carbocycles. The molecular formula is C13H25N. The number of hydrogen-bond donors (Lipinski definition) is 1. The maximum atomic E-state index is 3.34. The summed E-state index contributed by atoms with van der Waals surface area (Å²) < 4.78 is 0. The Hall–Kier alpha value is -0.300. The first-order chi connectivity index (χ1) is 6.83. The highest BCUT2D eigenvalue weighted by Gasteiger charge is 2.15. The van der Waals surface area contributed by atoms with Crippen LogP contribution in [0.15, 0.2) is 12.2 Å². The first kappa shape index (κ1) is 11.8. The van der Waals surface area contributed by atoms with E-state index in [1.165, 1.54) is 32.1 Å². The van der Waals surface area contributed by atoms with Crippen LogP contribution in [0.2, 0.25) is 0 Å². The smallest absolute Gasteiger partial charge is 0.00144 e. The Morgan fingerprint density at radius 2 is 1.93 bits per heavy atom. The van der Waals surface area contributed by atoms with Crippen molar-refractivity contribution in [1.82, 2.24) is 5.32 Å². The zero-order valence-corrected chi connectivity index (χ0v) is 9.76. The molecular weight excluding hydrogens is 170 g/mol. The highest BCUT2D eigenvalue weighted by Crippen LogP contribution is 2.28. The van der Waals surface area contributed by atoms with Gasteiger partial charge in [-0.25, -0.2) is 0 Å². The lowest BCUT2D eigenvalue weighted by Gasteiger charge is -2.23. The van der Waals surface area contributed by atoms with Gasteiger partial charge in [0.1, 0.15) is 0 Å². The fourth-order valence-electron chi connectivity index (χ4n) is 2.13. The van der Waals surface area contributed by atoms with Crippen LogP contribution in [0.5, 0.6) is 0 Å². The standard InChI is InChI=1S/C13H25N/c1-3-14-11-5-4-6-13-9-7-12(2)8-10-13/h4,6,12-14H,3,5,7-11H2,1-2H3. The lowest BCUT2D eigenvalue weighted by molar-refractivity contribution is 0.330. The molecule has 0 unspecified atom stereocenters. The van der Waals surface area contributed by atoms with Crippen LogP contribution < -0.4 is 5.32 Å². The molecule has 0 spiro atoms. The van der Waals surface area contributed by atoms with Gasteiger partial charge >= 0.3 is 0 Å². The molecule has 1 heteroatoms. The van der Waals surface area contributed by atoms with Gasteiger partial charge in [0.2, 0.25) is 0 Å². The lowest BCUT2D eigenvalue weighted by atomic mass is 9.83. The van der Waals surface area contributed by atoms with E-state index >= 15 is 0 Å². The van der Waals surface area contributed by atoms with E-state index in [0.29, 0.717) is 0 Å². The van der Waals surface area contributed by atoms with E-state index in [4.69, 9.17) is 0 Å². The zero-order chi connectivity index (χ0) is 10.2. The number of nitrogens with one attached hydrogen (secondary N) is 1. The van der Waals surface area contributed by atoms with Gasteiger partial charge in [-0.05, 0) is 44.2 Å². The third-order valence-electron chi connectivity index (χ3n) is 3.21. The number of hydrogen-bond acceptors (Lipinski definition) is 1. The predicted octanol–water partition coefficient (Wildman–Crippen LogP) is 3.37. The van der Waals surface area contributed by atoms with Crippen LogP contribution in [0, 0.1) is 11.8 Å². The van der Waals surface area contributed by atoms with E-state index in [0.717, 1.165) is 24.9 Å². The van der Waals surface area contributed by atoms with Crippen LogP contribution in [-0.4, -0.2) is 13.1 Å². The van der Waals surface area contributed by atoms with Crippen molar-refractivity contribution in [3.05, 3.63) is 12.2 Å². The predicted molar refractivity (Wildman–Crippen MR) is 63.4 cm³/mol. The van der Waals surface area contributed by atoms with Gasteiger partial charge in [-0.15, -0.1) is 0 Å². The minimum atomic E-state index is 0.882. The molecule has 1 fully saturated rings. The highest BCUT2D eigenvalue weighted by molar-refractivity contribution is 4.90. The first-order valence-electron chi connectivity index (χ1n) is 6.20. The summed E-state index contributed by atoms with van der Waals surface area (Å²) in [7, 11) is 0. The molecule has 0 aromatic heterocycles. The van der Waals surface area contributed by atoms with E-state index in [1.54, 1.807) is 0 Å².